The van der Waals surface area contributed by atoms with Crippen molar-refractivity contribution in [3.8, 4) is 22.6 Å². The third-order valence-corrected chi connectivity index (χ3v) is 4.83. The van der Waals surface area contributed by atoms with Gasteiger partial charge in [0.1, 0.15) is 18.1 Å². The van der Waals surface area contributed by atoms with Crippen LogP contribution in [0.3, 0.4) is 0 Å². The maximum Gasteiger partial charge on any atom is 0.250 e. The second-order valence-electron chi connectivity index (χ2n) is 6.80. The van der Waals surface area contributed by atoms with Gasteiger partial charge in [-0.15, -0.1) is 0 Å². The van der Waals surface area contributed by atoms with Crippen molar-refractivity contribution in [1.82, 2.24) is 5.32 Å². The number of benzene rings is 3. The number of carbonyl (C=O) groups excluding carboxylic acids is 1. The van der Waals surface area contributed by atoms with Gasteiger partial charge in [0, 0.05) is 17.7 Å². The molecule has 1 heterocycles. The minimum atomic E-state index is -0.132. The summed E-state index contributed by atoms with van der Waals surface area (Å²) >= 11 is 0. The summed E-state index contributed by atoms with van der Waals surface area (Å²) in [6, 6.07) is 24.0. The van der Waals surface area contributed by atoms with E-state index in [1.807, 2.05) is 67.6 Å². The molecule has 1 N–H and O–H groups in total. The van der Waals surface area contributed by atoms with E-state index in [0.29, 0.717) is 18.7 Å². The summed E-state index contributed by atoms with van der Waals surface area (Å²) in [6.45, 7) is 3.20. The van der Waals surface area contributed by atoms with Crippen LogP contribution in [0, 0.1) is 0 Å². The molecule has 0 saturated carbocycles. The van der Waals surface area contributed by atoms with Crippen molar-refractivity contribution in [1.29, 1.82) is 0 Å². The van der Waals surface area contributed by atoms with E-state index in [9.17, 15) is 4.79 Å². The van der Waals surface area contributed by atoms with Crippen LogP contribution in [0.4, 0.5) is 0 Å². The minimum absolute atomic E-state index is 0.132. The number of fused-ring (bicyclic) bond motifs is 1. The van der Waals surface area contributed by atoms with E-state index < -0.39 is 0 Å². The van der Waals surface area contributed by atoms with Crippen LogP contribution >= 0.6 is 0 Å². The largest absolute Gasteiger partial charge is 0.494 e. The van der Waals surface area contributed by atoms with Crippen molar-refractivity contribution in [3.63, 3.8) is 0 Å². The van der Waals surface area contributed by atoms with Crippen molar-refractivity contribution in [2.45, 2.75) is 13.5 Å². The molecule has 3 aromatic rings. The Hall–Kier alpha value is -3.53. The number of hydrogen-bond acceptors (Lipinski definition) is 3. The van der Waals surface area contributed by atoms with Crippen molar-refractivity contribution >= 4 is 12.0 Å². The summed E-state index contributed by atoms with van der Waals surface area (Å²) in [6.07, 6.45) is 1.91. The van der Waals surface area contributed by atoms with Crippen LogP contribution in [0.1, 0.15) is 18.1 Å². The normalized spacial score (nSPS) is 12.4. The highest BCUT2D eigenvalue weighted by molar-refractivity contribution is 5.99. The van der Waals surface area contributed by atoms with Gasteiger partial charge in [-0.1, -0.05) is 54.6 Å². The third-order valence-electron chi connectivity index (χ3n) is 4.83. The topological polar surface area (TPSA) is 47.6 Å². The average Bonchev–Trinajstić information content (AvgIpc) is 2.78. The number of ether oxygens (including phenoxy) is 2. The Balaban J connectivity index is 1.50. The fourth-order valence-electron chi connectivity index (χ4n) is 3.35. The van der Waals surface area contributed by atoms with Gasteiger partial charge < -0.3 is 14.8 Å². The molecule has 146 valence electrons. The Morgan fingerprint density at radius 2 is 1.79 bits per heavy atom. The number of hydrogen-bond donors (Lipinski definition) is 1. The Labute approximate surface area is 170 Å². The Morgan fingerprint density at radius 1 is 1.00 bits per heavy atom. The Morgan fingerprint density at radius 3 is 2.62 bits per heavy atom. The first-order chi connectivity index (χ1) is 14.2. The number of para-hydroxylation sites is 1. The Kier molecular flexibility index (Phi) is 5.61. The standard InChI is InChI=1S/C25H23NO3/c1-2-28-23-11-7-6-10-20(23)16-26-25(27)22-15-21-14-19(12-13-24(21)29-17-22)18-8-4-3-5-9-18/h3-15H,2,16-17H2,1H3,(H,26,27). The number of nitrogens with one attached hydrogen (secondary N) is 1. The van der Waals surface area contributed by atoms with Gasteiger partial charge in [-0.05, 0) is 42.3 Å². The van der Waals surface area contributed by atoms with E-state index in [1.165, 1.54) is 0 Å². The van der Waals surface area contributed by atoms with Crippen LogP contribution in [-0.2, 0) is 11.3 Å². The highest BCUT2D eigenvalue weighted by Gasteiger charge is 2.18. The summed E-state index contributed by atoms with van der Waals surface area (Å²) in [7, 11) is 0. The molecule has 0 spiro atoms. The lowest BCUT2D eigenvalue weighted by Gasteiger charge is -2.19. The molecule has 4 rings (SSSR count). The smallest absolute Gasteiger partial charge is 0.250 e. The lowest BCUT2D eigenvalue weighted by Crippen LogP contribution is -2.28. The predicted molar refractivity (Wildman–Crippen MR) is 115 cm³/mol. The maximum absolute atomic E-state index is 12.7. The second kappa shape index (κ2) is 8.65. The molecule has 0 radical (unpaired) electrons. The first-order valence-electron chi connectivity index (χ1n) is 9.76. The van der Waals surface area contributed by atoms with Crippen molar-refractivity contribution in [2.24, 2.45) is 0 Å². The molecule has 1 aliphatic rings. The van der Waals surface area contributed by atoms with E-state index in [0.717, 1.165) is 33.8 Å². The first kappa shape index (κ1) is 18.8. The summed E-state index contributed by atoms with van der Waals surface area (Å²) in [4.78, 5) is 12.7. The molecule has 4 nitrogen and oxygen atoms in total. The summed E-state index contributed by atoms with van der Waals surface area (Å²) < 4.78 is 11.4. The molecule has 0 fully saturated rings. The van der Waals surface area contributed by atoms with Gasteiger partial charge in [-0.25, -0.2) is 0 Å². The van der Waals surface area contributed by atoms with Gasteiger partial charge in [0.25, 0.3) is 5.91 Å². The summed E-state index contributed by atoms with van der Waals surface area (Å²) in [5.41, 5.74) is 4.70. The molecule has 0 aliphatic carbocycles. The van der Waals surface area contributed by atoms with E-state index in [2.05, 4.69) is 23.5 Å². The van der Waals surface area contributed by atoms with Gasteiger partial charge >= 0.3 is 0 Å². The van der Waals surface area contributed by atoms with E-state index >= 15 is 0 Å². The summed E-state index contributed by atoms with van der Waals surface area (Å²) in [5.74, 6) is 1.46. The van der Waals surface area contributed by atoms with E-state index in [1.54, 1.807) is 0 Å². The van der Waals surface area contributed by atoms with Crippen LogP contribution in [0.25, 0.3) is 17.2 Å². The molecule has 3 aromatic carbocycles. The van der Waals surface area contributed by atoms with Crippen molar-refractivity contribution in [2.75, 3.05) is 13.2 Å². The van der Waals surface area contributed by atoms with Crippen LogP contribution in [0.5, 0.6) is 11.5 Å². The zero-order chi connectivity index (χ0) is 20.1. The van der Waals surface area contributed by atoms with Gasteiger partial charge in [0.2, 0.25) is 0 Å². The first-order valence-corrected chi connectivity index (χ1v) is 9.76. The zero-order valence-electron chi connectivity index (χ0n) is 16.4. The van der Waals surface area contributed by atoms with E-state index in [-0.39, 0.29) is 12.5 Å². The van der Waals surface area contributed by atoms with Gasteiger partial charge in [0.15, 0.2) is 0 Å². The highest BCUT2D eigenvalue weighted by atomic mass is 16.5. The van der Waals surface area contributed by atoms with Crippen LogP contribution in [0.15, 0.2) is 78.4 Å². The average molecular weight is 385 g/mol. The highest BCUT2D eigenvalue weighted by Crippen LogP contribution is 2.31. The molecule has 1 amide bonds. The molecule has 29 heavy (non-hydrogen) atoms. The molecule has 0 aromatic heterocycles. The fourth-order valence-corrected chi connectivity index (χ4v) is 3.35. The zero-order valence-corrected chi connectivity index (χ0v) is 16.4. The molecule has 0 bridgehead atoms. The number of amides is 1. The SMILES string of the molecule is CCOc1ccccc1CNC(=O)C1=Cc2cc(-c3ccccc3)ccc2OC1. The van der Waals surface area contributed by atoms with E-state index in [4.69, 9.17) is 9.47 Å². The quantitative estimate of drug-likeness (QED) is 0.660. The lowest BCUT2D eigenvalue weighted by molar-refractivity contribution is -0.117. The monoisotopic (exact) mass is 385 g/mol. The maximum atomic E-state index is 12.7. The molecular formula is C25H23NO3. The summed E-state index contributed by atoms with van der Waals surface area (Å²) in [5, 5.41) is 2.98. The number of rotatable bonds is 6. The molecule has 4 heteroatoms. The van der Waals surface area contributed by atoms with Crippen LogP contribution in [-0.4, -0.2) is 19.1 Å². The van der Waals surface area contributed by atoms with Crippen LogP contribution in [0.2, 0.25) is 0 Å². The fraction of sp³-hybridized carbons (Fsp3) is 0.160. The van der Waals surface area contributed by atoms with Crippen molar-refractivity contribution < 1.29 is 14.3 Å². The Bertz CT molecular complexity index is 1040. The minimum Gasteiger partial charge on any atom is -0.494 e. The number of carbonyl (C=O) groups is 1. The molecule has 0 unspecified atom stereocenters. The third kappa shape index (κ3) is 4.32. The molecule has 1 aliphatic heterocycles. The molecule has 0 atom stereocenters. The lowest BCUT2D eigenvalue weighted by atomic mass is 10.00. The predicted octanol–water partition coefficient (Wildman–Crippen LogP) is 4.84. The van der Waals surface area contributed by atoms with Gasteiger partial charge in [-0.3, -0.25) is 4.79 Å². The van der Waals surface area contributed by atoms with Crippen LogP contribution < -0.4 is 14.8 Å². The second-order valence-corrected chi connectivity index (χ2v) is 6.80. The van der Waals surface area contributed by atoms with Gasteiger partial charge in [0.05, 0.1) is 12.2 Å². The molecule has 0 saturated heterocycles. The van der Waals surface area contributed by atoms with Gasteiger partial charge in [-0.2, -0.15) is 0 Å². The van der Waals surface area contributed by atoms with Crippen molar-refractivity contribution in [3.05, 3.63) is 89.5 Å². The molecular weight excluding hydrogens is 362 g/mol.